The lowest BCUT2D eigenvalue weighted by Gasteiger charge is -2.06. The van der Waals surface area contributed by atoms with Gasteiger partial charge in [-0.2, -0.15) is 5.10 Å². The van der Waals surface area contributed by atoms with Crippen LogP contribution in [-0.2, 0) is 9.59 Å². The minimum absolute atomic E-state index is 0.0666. The zero-order valence-corrected chi connectivity index (χ0v) is 7.52. The molecule has 0 aromatic rings. The third-order valence-corrected chi connectivity index (χ3v) is 1.14. The highest BCUT2D eigenvalue weighted by Crippen LogP contribution is 1.95. The van der Waals surface area contributed by atoms with E-state index in [0.29, 0.717) is 0 Å². The van der Waals surface area contributed by atoms with Crippen molar-refractivity contribution < 1.29 is 19.8 Å². The third kappa shape index (κ3) is 5.66. The van der Waals surface area contributed by atoms with Gasteiger partial charge >= 0.3 is 11.9 Å². The predicted octanol–water partition coefficient (Wildman–Crippen LogP) is -0.147. The molecule has 0 spiro atoms. The van der Waals surface area contributed by atoms with Crippen molar-refractivity contribution in [1.29, 1.82) is 0 Å². The highest BCUT2D eigenvalue weighted by molar-refractivity contribution is 6.35. The Morgan fingerprint density at radius 2 is 1.77 bits per heavy atom. The lowest BCUT2D eigenvalue weighted by molar-refractivity contribution is -0.136. The Balaban J connectivity index is 4.27. The summed E-state index contributed by atoms with van der Waals surface area (Å²) in [5.74, 6) is -2.22. The Kier molecular flexibility index (Phi) is 4.50. The largest absolute Gasteiger partial charge is 0.481 e. The van der Waals surface area contributed by atoms with Gasteiger partial charge in [-0.1, -0.05) is 0 Å². The minimum atomic E-state index is -1.19. The molecule has 0 aromatic heterocycles. The monoisotopic (exact) mass is 188 g/mol. The van der Waals surface area contributed by atoms with Gasteiger partial charge in [0.05, 0.1) is 6.42 Å². The van der Waals surface area contributed by atoms with Crippen LogP contribution in [0, 0.1) is 0 Å². The zero-order chi connectivity index (χ0) is 10.4. The molecule has 6 nitrogen and oxygen atoms in total. The van der Waals surface area contributed by atoms with Gasteiger partial charge in [0.15, 0.2) is 0 Å². The second kappa shape index (κ2) is 5.13. The van der Waals surface area contributed by atoms with Crippen LogP contribution in [0.1, 0.15) is 12.8 Å². The number of nitrogens with zero attached hydrogens (tertiary/aromatic N) is 2. The standard InChI is InChI=1S/C7H12N2O4/c1-9(2)8-5(7(12)13)3-4-6(10)11/h3-4H2,1-2H3,(H,10,11)(H,12,13)/b8-5+. The number of carboxylic acid groups (broad SMARTS) is 2. The first-order chi connectivity index (χ1) is 5.93. The summed E-state index contributed by atoms with van der Waals surface area (Å²) in [4.78, 5) is 20.6. The van der Waals surface area contributed by atoms with Crippen molar-refractivity contribution in [2.45, 2.75) is 12.8 Å². The van der Waals surface area contributed by atoms with E-state index >= 15 is 0 Å². The second-order valence-electron chi connectivity index (χ2n) is 2.59. The summed E-state index contributed by atoms with van der Waals surface area (Å²) in [6.45, 7) is 0. The van der Waals surface area contributed by atoms with Gasteiger partial charge in [0, 0.05) is 20.5 Å². The van der Waals surface area contributed by atoms with Crippen molar-refractivity contribution in [1.82, 2.24) is 5.01 Å². The van der Waals surface area contributed by atoms with Gasteiger partial charge in [0.2, 0.25) is 0 Å². The fraction of sp³-hybridized carbons (Fsp3) is 0.571. The second-order valence-corrected chi connectivity index (χ2v) is 2.59. The van der Waals surface area contributed by atoms with Crippen molar-refractivity contribution >= 4 is 17.7 Å². The van der Waals surface area contributed by atoms with E-state index in [0.717, 1.165) is 0 Å². The molecule has 0 bridgehead atoms. The van der Waals surface area contributed by atoms with Gasteiger partial charge in [0.25, 0.3) is 0 Å². The van der Waals surface area contributed by atoms with Gasteiger partial charge in [-0.3, -0.25) is 4.79 Å². The molecule has 0 aliphatic carbocycles. The molecule has 0 aliphatic rings. The maximum Gasteiger partial charge on any atom is 0.352 e. The molecule has 0 amide bonds. The van der Waals surface area contributed by atoms with Crippen LogP contribution in [0.4, 0.5) is 0 Å². The van der Waals surface area contributed by atoms with Gasteiger partial charge in [-0.05, 0) is 0 Å². The zero-order valence-electron chi connectivity index (χ0n) is 7.52. The summed E-state index contributed by atoms with van der Waals surface area (Å²) in [5.41, 5.74) is -0.146. The van der Waals surface area contributed by atoms with Gasteiger partial charge in [-0.15, -0.1) is 0 Å². The number of carbonyl (C=O) groups is 2. The molecule has 0 radical (unpaired) electrons. The number of carboxylic acids is 2. The molecule has 13 heavy (non-hydrogen) atoms. The maximum absolute atomic E-state index is 10.5. The van der Waals surface area contributed by atoms with E-state index in [1.165, 1.54) is 5.01 Å². The van der Waals surface area contributed by atoms with Crippen LogP contribution >= 0.6 is 0 Å². The number of hydrogen-bond donors (Lipinski definition) is 2. The highest BCUT2D eigenvalue weighted by Gasteiger charge is 2.11. The normalized spacial score (nSPS) is 11.1. The average molecular weight is 188 g/mol. The van der Waals surface area contributed by atoms with Gasteiger partial charge < -0.3 is 15.2 Å². The molecule has 0 saturated carbocycles. The minimum Gasteiger partial charge on any atom is -0.481 e. The topological polar surface area (TPSA) is 90.2 Å². The van der Waals surface area contributed by atoms with Crippen LogP contribution in [-0.4, -0.2) is 47.0 Å². The molecule has 0 aromatic carbocycles. The first kappa shape index (κ1) is 11.4. The summed E-state index contributed by atoms with van der Waals surface area (Å²) in [7, 11) is 3.15. The van der Waals surface area contributed by atoms with E-state index < -0.39 is 11.9 Å². The number of hydrogen-bond acceptors (Lipinski definition) is 4. The van der Waals surface area contributed by atoms with Crippen molar-refractivity contribution in [3.05, 3.63) is 0 Å². The van der Waals surface area contributed by atoms with Crippen LogP contribution in [0.5, 0.6) is 0 Å². The van der Waals surface area contributed by atoms with Crippen LogP contribution in [0.15, 0.2) is 5.10 Å². The molecule has 74 valence electrons. The summed E-state index contributed by atoms with van der Waals surface area (Å²) >= 11 is 0. The van der Waals surface area contributed by atoms with E-state index in [2.05, 4.69) is 5.10 Å². The van der Waals surface area contributed by atoms with Crippen molar-refractivity contribution in [2.24, 2.45) is 5.10 Å². The maximum atomic E-state index is 10.5. The van der Waals surface area contributed by atoms with Crippen molar-refractivity contribution in [2.75, 3.05) is 14.1 Å². The van der Waals surface area contributed by atoms with Crippen LogP contribution in [0.3, 0.4) is 0 Å². The van der Waals surface area contributed by atoms with Crippen molar-refractivity contribution in [3.63, 3.8) is 0 Å². The quantitative estimate of drug-likeness (QED) is 0.462. The molecule has 0 heterocycles. The summed E-state index contributed by atoms with van der Waals surface area (Å²) in [5, 5.41) is 21.9. The molecule has 0 unspecified atom stereocenters. The lowest BCUT2D eigenvalue weighted by atomic mass is 10.2. The number of aliphatic carboxylic acids is 2. The predicted molar refractivity (Wildman–Crippen MR) is 45.6 cm³/mol. The van der Waals surface area contributed by atoms with E-state index in [4.69, 9.17) is 10.2 Å². The Labute approximate surface area is 75.5 Å². The molecule has 0 fully saturated rings. The van der Waals surface area contributed by atoms with Crippen molar-refractivity contribution in [3.8, 4) is 0 Å². The summed E-state index contributed by atoms with van der Waals surface area (Å²) in [6, 6.07) is 0. The summed E-state index contributed by atoms with van der Waals surface area (Å²) < 4.78 is 0. The van der Waals surface area contributed by atoms with E-state index in [-0.39, 0.29) is 18.6 Å². The SMILES string of the molecule is CN(C)/N=C(\CCC(=O)O)C(=O)O. The summed E-state index contributed by atoms with van der Waals surface area (Å²) in [6.07, 6.45) is -0.290. The van der Waals surface area contributed by atoms with Crippen LogP contribution in [0.2, 0.25) is 0 Å². The lowest BCUT2D eigenvalue weighted by Crippen LogP contribution is -2.18. The van der Waals surface area contributed by atoms with E-state index in [1.807, 2.05) is 0 Å². The van der Waals surface area contributed by atoms with Crippen LogP contribution < -0.4 is 0 Å². The van der Waals surface area contributed by atoms with E-state index in [9.17, 15) is 9.59 Å². The molecule has 0 aliphatic heterocycles. The molecular weight excluding hydrogens is 176 g/mol. The van der Waals surface area contributed by atoms with Gasteiger partial charge in [-0.25, -0.2) is 4.79 Å². The van der Waals surface area contributed by atoms with Crippen LogP contribution in [0.25, 0.3) is 0 Å². The number of hydrazone groups is 1. The smallest absolute Gasteiger partial charge is 0.352 e. The molecule has 2 N–H and O–H groups in total. The highest BCUT2D eigenvalue weighted by atomic mass is 16.4. The van der Waals surface area contributed by atoms with Gasteiger partial charge in [0.1, 0.15) is 5.71 Å². The molecule has 0 saturated heterocycles. The molecular formula is C7H12N2O4. The fourth-order valence-electron chi connectivity index (χ4n) is 0.666. The Hall–Kier alpha value is -1.59. The first-order valence-electron chi connectivity index (χ1n) is 3.63. The molecule has 0 rings (SSSR count). The average Bonchev–Trinajstić information content (AvgIpc) is 1.96. The number of rotatable bonds is 5. The van der Waals surface area contributed by atoms with E-state index in [1.54, 1.807) is 14.1 Å². The fourth-order valence-corrected chi connectivity index (χ4v) is 0.666. The molecule has 6 heteroatoms. The molecule has 0 atom stereocenters. The Morgan fingerprint density at radius 1 is 1.23 bits per heavy atom. The Morgan fingerprint density at radius 3 is 2.08 bits per heavy atom. The Bertz CT molecular complexity index is 235. The third-order valence-electron chi connectivity index (χ3n) is 1.14. The first-order valence-corrected chi connectivity index (χ1v) is 3.63.